The van der Waals surface area contributed by atoms with Gasteiger partial charge in [0.1, 0.15) is 0 Å². The first-order valence-electron chi connectivity index (χ1n) is 4.96. The third-order valence-electron chi connectivity index (χ3n) is 2.89. The Labute approximate surface area is 70.8 Å². The molecular weight excluding hydrogens is 134 g/mol. The van der Waals surface area contributed by atoms with Crippen LogP contribution in [-0.4, -0.2) is 24.5 Å². The number of rotatable bonds is 3. The van der Waals surface area contributed by atoms with E-state index < -0.39 is 0 Å². The fourth-order valence-electron chi connectivity index (χ4n) is 1.81. The molecule has 1 heteroatoms. The molecule has 0 radical (unpaired) electrons. The van der Waals surface area contributed by atoms with Gasteiger partial charge < -0.3 is 4.90 Å². The molecule has 1 heterocycles. The van der Waals surface area contributed by atoms with E-state index in [1.807, 2.05) is 0 Å². The molecule has 1 fully saturated rings. The highest BCUT2D eigenvalue weighted by molar-refractivity contribution is 4.77. The quantitative estimate of drug-likeness (QED) is 0.605. The molecule has 1 aliphatic rings. The molecule has 0 aromatic carbocycles. The van der Waals surface area contributed by atoms with Crippen LogP contribution in [0, 0.1) is 11.8 Å². The van der Waals surface area contributed by atoms with Crippen molar-refractivity contribution in [2.24, 2.45) is 11.8 Å². The minimum Gasteiger partial charge on any atom is -0.303 e. The van der Waals surface area contributed by atoms with Gasteiger partial charge in [-0.25, -0.2) is 0 Å². The van der Waals surface area contributed by atoms with Crippen molar-refractivity contribution in [3.63, 3.8) is 0 Å². The maximum absolute atomic E-state index is 2.61. The second-order valence-electron chi connectivity index (χ2n) is 4.07. The molecule has 0 saturated carbocycles. The van der Waals surface area contributed by atoms with E-state index in [1.165, 1.54) is 32.5 Å². The molecular formula is C10H21N. The lowest BCUT2D eigenvalue weighted by atomic mass is 10.0. The third-order valence-corrected chi connectivity index (χ3v) is 2.89. The van der Waals surface area contributed by atoms with E-state index in [4.69, 9.17) is 0 Å². The lowest BCUT2D eigenvalue weighted by Crippen LogP contribution is -2.21. The molecule has 0 aromatic rings. The number of hydrogen-bond donors (Lipinski definition) is 0. The molecule has 2 atom stereocenters. The first kappa shape index (κ1) is 9.05. The van der Waals surface area contributed by atoms with Crippen LogP contribution in [0.2, 0.25) is 0 Å². The van der Waals surface area contributed by atoms with E-state index in [2.05, 4.69) is 25.7 Å². The second kappa shape index (κ2) is 4.10. The van der Waals surface area contributed by atoms with Gasteiger partial charge in [0.05, 0.1) is 0 Å². The summed E-state index contributed by atoms with van der Waals surface area (Å²) in [6.45, 7) is 11.0. The Bertz CT molecular complexity index is 101. The van der Waals surface area contributed by atoms with E-state index >= 15 is 0 Å². The van der Waals surface area contributed by atoms with Gasteiger partial charge in [0.15, 0.2) is 0 Å². The summed E-state index contributed by atoms with van der Waals surface area (Å²) in [5.41, 5.74) is 0. The van der Waals surface area contributed by atoms with Crippen molar-refractivity contribution < 1.29 is 0 Å². The van der Waals surface area contributed by atoms with Crippen molar-refractivity contribution in [3.8, 4) is 0 Å². The topological polar surface area (TPSA) is 3.24 Å². The van der Waals surface area contributed by atoms with Crippen molar-refractivity contribution in [3.05, 3.63) is 0 Å². The molecule has 1 aliphatic heterocycles. The van der Waals surface area contributed by atoms with Crippen molar-refractivity contribution in [2.75, 3.05) is 19.6 Å². The van der Waals surface area contributed by atoms with Gasteiger partial charge in [-0.3, -0.25) is 0 Å². The highest BCUT2D eigenvalue weighted by Gasteiger charge is 2.24. The van der Waals surface area contributed by atoms with E-state index in [0.29, 0.717) is 0 Å². The van der Waals surface area contributed by atoms with Crippen LogP contribution in [0.3, 0.4) is 0 Å². The fourth-order valence-corrected chi connectivity index (χ4v) is 1.81. The number of nitrogens with zero attached hydrogens (tertiary/aromatic N) is 1. The zero-order valence-corrected chi connectivity index (χ0v) is 8.14. The minimum atomic E-state index is 0.923. The SMILES string of the molecule is CCCCN1CC(C)C(C)C1. The third kappa shape index (κ3) is 2.48. The maximum Gasteiger partial charge on any atom is 0.00102 e. The van der Waals surface area contributed by atoms with E-state index in [0.717, 1.165) is 11.8 Å². The smallest absolute Gasteiger partial charge is 0.00102 e. The van der Waals surface area contributed by atoms with Gasteiger partial charge in [0, 0.05) is 13.1 Å². The van der Waals surface area contributed by atoms with Gasteiger partial charge in [-0.1, -0.05) is 27.2 Å². The van der Waals surface area contributed by atoms with E-state index in [9.17, 15) is 0 Å². The summed E-state index contributed by atoms with van der Waals surface area (Å²) in [5, 5.41) is 0. The molecule has 1 saturated heterocycles. The van der Waals surface area contributed by atoms with Gasteiger partial charge in [0.2, 0.25) is 0 Å². The number of unbranched alkanes of at least 4 members (excludes halogenated alkanes) is 1. The summed E-state index contributed by atoms with van der Waals surface area (Å²) in [6, 6.07) is 0. The lowest BCUT2D eigenvalue weighted by molar-refractivity contribution is 0.318. The number of likely N-dealkylation sites (tertiary alicyclic amines) is 1. The summed E-state index contributed by atoms with van der Waals surface area (Å²) in [6.07, 6.45) is 2.71. The maximum atomic E-state index is 2.61. The summed E-state index contributed by atoms with van der Waals surface area (Å²) < 4.78 is 0. The fraction of sp³-hybridized carbons (Fsp3) is 1.00. The lowest BCUT2D eigenvalue weighted by Gasteiger charge is -2.13. The largest absolute Gasteiger partial charge is 0.303 e. The van der Waals surface area contributed by atoms with Crippen molar-refractivity contribution in [2.45, 2.75) is 33.6 Å². The Balaban J connectivity index is 2.18. The van der Waals surface area contributed by atoms with Gasteiger partial charge >= 0.3 is 0 Å². The molecule has 66 valence electrons. The highest BCUT2D eigenvalue weighted by atomic mass is 15.1. The summed E-state index contributed by atoms with van der Waals surface area (Å²) in [7, 11) is 0. The van der Waals surface area contributed by atoms with Crippen LogP contribution in [-0.2, 0) is 0 Å². The average Bonchev–Trinajstić information content (AvgIpc) is 2.28. The normalized spacial score (nSPS) is 33.0. The first-order chi connectivity index (χ1) is 5.24. The van der Waals surface area contributed by atoms with Crippen molar-refractivity contribution >= 4 is 0 Å². The first-order valence-corrected chi connectivity index (χ1v) is 4.96. The van der Waals surface area contributed by atoms with Crippen LogP contribution >= 0.6 is 0 Å². The Hall–Kier alpha value is -0.0400. The molecule has 11 heavy (non-hydrogen) atoms. The molecule has 2 unspecified atom stereocenters. The molecule has 0 bridgehead atoms. The Kier molecular flexibility index (Phi) is 3.38. The standard InChI is InChI=1S/C10H21N/c1-4-5-6-11-7-9(2)10(3)8-11/h9-10H,4-8H2,1-3H3. The molecule has 1 rings (SSSR count). The molecule has 0 aliphatic carbocycles. The molecule has 0 aromatic heterocycles. The Morgan fingerprint density at radius 3 is 2.18 bits per heavy atom. The van der Waals surface area contributed by atoms with Crippen LogP contribution in [0.15, 0.2) is 0 Å². The van der Waals surface area contributed by atoms with Gasteiger partial charge in [-0.15, -0.1) is 0 Å². The summed E-state index contributed by atoms with van der Waals surface area (Å²) >= 11 is 0. The monoisotopic (exact) mass is 155 g/mol. The minimum absolute atomic E-state index is 0.923. The zero-order valence-electron chi connectivity index (χ0n) is 8.14. The van der Waals surface area contributed by atoms with Crippen LogP contribution in [0.4, 0.5) is 0 Å². The van der Waals surface area contributed by atoms with Crippen molar-refractivity contribution in [1.82, 2.24) is 4.90 Å². The summed E-state index contributed by atoms with van der Waals surface area (Å²) in [5.74, 6) is 1.85. The Morgan fingerprint density at radius 1 is 1.18 bits per heavy atom. The van der Waals surface area contributed by atoms with Crippen LogP contribution in [0.5, 0.6) is 0 Å². The van der Waals surface area contributed by atoms with Crippen LogP contribution in [0.25, 0.3) is 0 Å². The molecule has 0 amide bonds. The van der Waals surface area contributed by atoms with Gasteiger partial charge in [0.25, 0.3) is 0 Å². The van der Waals surface area contributed by atoms with Crippen molar-refractivity contribution in [1.29, 1.82) is 0 Å². The van der Waals surface area contributed by atoms with Gasteiger partial charge in [-0.2, -0.15) is 0 Å². The average molecular weight is 155 g/mol. The molecule has 0 spiro atoms. The summed E-state index contributed by atoms with van der Waals surface area (Å²) in [4.78, 5) is 2.61. The zero-order chi connectivity index (χ0) is 8.27. The molecule has 0 N–H and O–H groups in total. The highest BCUT2D eigenvalue weighted by Crippen LogP contribution is 2.21. The van der Waals surface area contributed by atoms with Gasteiger partial charge in [-0.05, 0) is 24.8 Å². The number of hydrogen-bond acceptors (Lipinski definition) is 1. The Morgan fingerprint density at radius 2 is 1.73 bits per heavy atom. The van der Waals surface area contributed by atoms with Crippen LogP contribution in [0.1, 0.15) is 33.6 Å². The predicted octanol–water partition coefficient (Wildman–Crippen LogP) is 2.37. The van der Waals surface area contributed by atoms with E-state index in [-0.39, 0.29) is 0 Å². The predicted molar refractivity (Wildman–Crippen MR) is 49.7 cm³/mol. The van der Waals surface area contributed by atoms with E-state index in [1.54, 1.807) is 0 Å². The van der Waals surface area contributed by atoms with Crippen LogP contribution < -0.4 is 0 Å². The molecule has 1 nitrogen and oxygen atoms in total. The second-order valence-corrected chi connectivity index (χ2v) is 4.07.